The van der Waals surface area contributed by atoms with Gasteiger partial charge in [0.2, 0.25) is 11.8 Å². The van der Waals surface area contributed by atoms with Crippen LogP contribution < -0.4 is 16.4 Å². The van der Waals surface area contributed by atoms with Gasteiger partial charge in [-0.15, -0.1) is 11.8 Å². The highest BCUT2D eigenvalue weighted by atomic mass is 32.2. The van der Waals surface area contributed by atoms with E-state index in [1.165, 1.54) is 18.7 Å². The second-order valence-corrected chi connectivity index (χ2v) is 22.4. The van der Waals surface area contributed by atoms with Crippen molar-refractivity contribution < 1.29 is 31.7 Å². The molecule has 4 atom stereocenters. The SMILES string of the molecule is CC(C)[C@H](NC(=O)[C@@H](NC(=O)[C@H](N)CSC(c1ccccc1)(c1ccccc1)c1ccccc1)[C@@H](C)OS(C)(=O)=O)C(=O)OCC[Si](C)(C)C. The Kier molecular flexibility index (Phi) is 14.8. The molecule has 3 aromatic rings. The molecule has 0 heterocycles. The monoisotopic (exact) mass is 741 g/mol. The van der Waals surface area contributed by atoms with E-state index >= 15 is 0 Å². The minimum atomic E-state index is -4.02. The van der Waals surface area contributed by atoms with Crippen molar-refractivity contribution in [3.63, 3.8) is 0 Å². The van der Waals surface area contributed by atoms with Gasteiger partial charge in [0.1, 0.15) is 18.2 Å². The summed E-state index contributed by atoms with van der Waals surface area (Å²) in [6.07, 6.45) is -0.465. The van der Waals surface area contributed by atoms with Crippen LogP contribution in [0.25, 0.3) is 0 Å². The summed E-state index contributed by atoms with van der Waals surface area (Å²) < 4.78 is 34.0. The van der Waals surface area contributed by atoms with Gasteiger partial charge in [-0.1, -0.05) is 124 Å². The molecule has 0 aliphatic heterocycles. The predicted octanol–water partition coefficient (Wildman–Crippen LogP) is 4.91. The Hall–Kier alpha value is -3.49. The number of nitrogens with two attached hydrogens (primary N) is 1. The summed E-state index contributed by atoms with van der Waals surface area (Å²) in [5, 5.41) is 5.27. The maximum atomic E-state index is 13.7. The van der Waals surface area contributed by atoms with Gasteiger partial charge in [0.15, 0.2) is 0 Å². The van der Waals surface area contributed by atoms with Crippen molar-refractivity contribution in [3.05, 3.63) is 108 Å². The highest BCUT2D eigenvalue weighted by Crippen LogP contribution is 2.48. The number of thioether (sulfide) groups is 1. The minimum absolute atomic E-state index is 0.123. The number of rotatable bonds is 18. The lowest BCUT2D eigenvalue weighted by Crippen LogP contribution is -2.60. The third kappa shape index (κ3) is 11.8. The van der Waals surface area contributed by atoms with Crippen LogP contribution in [0.4, 0.5) is 0 Å². The van der Waals surface area contributed by atoms with E-state index in [0.29, 0.717) is 0 Å². The zero-order valence-electron chi connectivity index (χ0n) is 29.9. The number of hydrogen-bond donors (Lipinski definition) is 3. The van der Waals surface area contributed by atoms with Crippen LogP contribution in [0.2, 0.25) is 25.7 Å². The highest BCUT2D eigenvalue weighted by molar-refractivity contribution is 8.00. The summed E-state index contributed by atoms with van der Waals surface area (Å²) in [4.78, 5) is 40.5. The quantitative estimate of drug-likeness (QED) is 0.0715. The van der Waals surface area contributed by atoms with Gasteiger partial charge in [0.05, 0.1) is 23.7 Å². The van der Waals surface area contributed by atoms with Crippen molar-refractivity contribution >= 4 is 47.7 Å². The van der Waals surface area contributed by atoms with E-state index in [4.69, 9.17) is 14.7 Å². The maximum Gasteiger partial charge on any atom is 0.328 e. The van der Waals surface area contributed by atoms with Gasteiger partial charge in [-0.2, -0.15) is 8.42 Å². The van der Waals surface area contributed by atoms with Gasteiger partial charge in [0.25, 0.3) is 10.1 Å². The van der Waals surface area contributed by atoms with Crippen LogP contribution in [-0.2, 0) is 38.2 Å². The van der Waals surface area contributed by atoms with Crippen molar-refractivity contribution in [2.75, 3.05) is 18.6 Å². The Morgan fingerprint density at radius 1 is 0.780 bits per heavy atom. The topological polar surface area (TPSA) is 154 Å². The first-order valence-corrected chi connectivity index (χ1v) is 23.2. The summed E-state index contributed by atoms with van der Waals surface area (Å²) >= 11 is 1.47. The number of benzene rings is 3. The molecule has 0 saturated carbocycles. The lowest BCUT2D eigenvalue weighted by molar-refractivity contribution is -0.149. The molecule has 0 bridgehead atoms. The molecule has 0 spiro atoms. The largest absolute Gasteiger partial charge is 0.464 e. The molecule has 13 heteroatoms. The van der Waals surface area contributed by atoms with Crippen molar-refractivity contribution in [1.29, 1.82) is 0 Å². The molecule has 4 N–H and O–H groups in total. The molecule has 50 heavy (non-hydrogen) atoms. The first-order valence-electron chi connectivity index (χ1n) is 16.7. The molecule has 0 aromatic heterocycles. The average molecular weight is 742 g/mol. The van der Waals surface area contributed by atoms with Crippen molar-refractivity contribution in [2.45, 2.75) is 75.4 Å². The highest BCUT2D eigenvalue weighted by Gasteiger charge is 2.39. The molecule has 0 aliphatic rings. The Morgan fingerprint density at radius 3 is 1.62 bits per heavy atom. The standard InChI is InChI=1S/C37H51N3O7S2Si/c1-26(2)32(36(43)46-23-24-50(5,6)7)39-35(42)33(27(3)47-49(4,44)45)40-34(41)31(38)25-48-37(28-17-11-8-12-18-28,29-19-13-9-14-20-29)30-21-15-10-16-22-30/h8-22,26-27,31-33H,23-25,38H2,1-7H3,(H,39,42)(H,40,41)/t27-,31-,32+,33+/m1/s1. The number of esters is 1. The summed E-state index contributed by atoms with van der Waals surface area (Å²) in [5.41, 5.74) is 9.48. The van der Waals surface area contributed by atoms with E-state index in [0.717, 1.165) is 29.0 Å². The molecule has 0 saturated heterocycles. The van der Waals surface area contributed by atoms with E-state index in [1.54, 1.807) is 13.8 Å². The third-order valence-corrected chi connectivity index (χ3v) is 12.1. The Balaban J connectivity index is 1.88. The van der Waals surface area contributed by atoms with Crippen LogP contribution in [0.3, 0.4) is 0 Å². The van der Waals surface area contributed by atoms with E-state index < -0.39 is 65.0 Å². The summed E-state index contributed by atoms with van der Waals surface area (Å²) in [6, 6.07) is 26.9. The number of carbonyl (C=O) groups is 3. The Morgan fingerprint density at radius 2 is 1.22 bits per heavy atom. The zero-order valence-corrected chi connectivity index (χ0v) is 32.6. The van der Waals surface area contributed by atoms with Crippen LogP contribution in [0, 0.1) is 5.92 Å². The van der Waals surface area contributed by atoms with Gasteiger partial charge in [-0.3, -0.25) is 13.8 Å². The lowest BCUT2D eigenvalue weighted by atomic mass is 9.84. The molecule has 2 amide bonds. The lowest BCUT2D eigenvalue weighted by Gasteiger charge is -2.36. The van der Waals surface area contributed by atoms with Gasteiger partial charge in [-0.25, -0.2) is 4.79 Å². The van der Waals surface area contributed by atoms with E-state index in [1.807, 2.05) is 91.0 Å². The fourth-order valence-electron chi connectivity index (χ4n) is 5.34. The van der Waals surface area contributed by atoms with Crippen LogP contribution in [0.1, 0.15) is 37.5 Å². The summed E-state index contributed by atoms with van der Waals surface area (Å²) in [5.74, 6) is -2.34. The molecule has 272 valence electrons. The number of ether oxygens (including phenoxy) is 1. The summed E-state index contributed by atoms with van der Waals surface area (Å²) in [6.45, 7) is 11.6. The van der Waals surface area contributed by atoms with E-state index in [9.17, 15) is 22.8 Å². The Bertz CT molecular complexity index is 1560. The second kappa shape index (κ2) is 18.1. The Labute approximate surface area is 302 Å². The molecule has 3 rings (SSSR count). The molecule has 0 radical (unpaired) electrons. The number of carbonyl (C=O) groups excluding carboxylic acids is 3. The molecule has 3 aromatic carbocycles. The maximum absolute atomic E-state index is 13.7. The summed E-state index contributed by atoms with van der Waals surface area (Å²) in [7, 11) is -5.50. The van der Waals surface area contributed by atoms with Crippen LogP contribution in [-0.4, -0.2) is 77.1 Å². The van der Waals surface area contributed by atoms with Gasteiger partial charge in [-0.05, 0) is 35.6 Å². The van der Waals surface area contributed by atoms with Crippen molar-refractivity contribution in [2.24, 2.45) is 11.7 Å². The smallest absolute Gasteiger partial charge is 0.328 e. The normalized spacial score (nSPS) is 14.7. The third-order valence-electron chi connectivity index (χ3n) is 8.05. The van der Waals surface area contributed by atoms with Crippen molar-refractivity contribution in [3.8, 4) is 0 Å². The van der Waals surface area contributed by atoms with Crippen LogP contribution in [0.15, 0.2) is 91.0 Å². The number of nitrogens with one attached hydrogen (secondary N) is 2. The number of amides is 2. The predicted molar refractivity (Wildman–Crippen MR) is 203 cm³/mol. The van der Waals surface area contributed by atoms with Crippen molar-refractivity contribution in [1.82, 2.24) is 10.6 Å². The van der Waals surface area contributed by atoms with Gasteiger partial charge < -0.3 is 21.1 Å². The first kappa shape index (κ1) is 40.9. The van der Waals surface area contributed by atoms with Gasteiger partial charge >= 0.3 is 5.97 Å². The molecule has 0 unspecified atom stereocenters. The van der Waals surface area contributed by atoms with Gasteiger partial charge in [0, 0.05) is 13.8 Å². The number of hydrogen-bond acceptors (Lipinski definition) is 9. The molecule has 10 nitrogen and oxygen atoms in total. The van der Waals surface area contributed by atoms with Crippen LogP contribution in [0.5, 0.6) is 0 Å². The fraction of sp³-hybridized carbons (Fsp3) is 0.432. The first-order chi connectivity index (χ1) is 23.4. The molecular formula is C37H51N3O7S2Si. The molecule has 0 aliphatic carbocycles. The zero-order chi connectivity index (χ0) is 37.1. The van der Waals surface area contributed by atoms with E-state index in [2.05, 4.69) is 30.3 Å². The van der Waals surface area contributed by atoms with E-state index in [-0.39, 0.29) is 18.3 Å². The molecular weight excluding hydrogens is 691 g/mol. The minimum Gasteiger partial charge on any atom is -0.464 e. The fourth-order valence-corrected chi connectivity index (χ4v) is 8.20. The van der Waals surface area contributed by atoms with Crippen LogP contribution >= 0.6 is 11.8 Å². The average Bonchev–Trinajstić information content (AvgIpc) is 3.06. The molecule has 0 fully saturated rings. The second-order valence-electron chi connectivity index (χ2n) is 13.9.